The van der Waals surface area contributed by atoms with Crippen molar-refractivity contribution >= 4 is 17.6 Å². The number of benzene rings is 1. The first-order chi connectivity index (χ1) is 11.4. The minimum absolute atomic E-state index is 0.0217. The van der Waals surface area contributed by atoms with Crippen molar-refractivity contribution in [1.82, 2.24) is 0 Å². The predicted octanol–water partition coefficient (Wildman–Crippen LogP) is 3.32. The molecule has 6 atom stereocenters. The van der Waals surface area contributed by atoms with Crippen molar-refractivity contribution in [2.75, 3.05) is 5.32 Å². The van der Waals surface area contributed by atoms with Gasteiger partial charge in [0.1, 0.15) is 0 Å². The maximum absolute atomic E-state index is 13.0. The Labute approximate surface area is 142 Å². The average Bonchev–Trinajstić information content (AvgIpc) is 3.31. The molecule has 0 saturated heterocycles. The number of fused-ring (bicyclic) bond motifs is 1. The molecular formula is C20H23NO3. The third-order valence-electron chi connectivity index (χ3n) is 6.16. The van der Waals surface area contributed by atoms with E-state index in [9.17, 15) is 14.7 Å². The first kappa shape index (κ1) is 15.4. The molecule has 2 N–H and O–H groups in total. The summed E-state index contributed by atoms with van der Waals surface area (Å²) in [6.45, 7) is 5.99. The molecule has 0 unspecified atom stereocenters. The Morgan fingerprint density at radius 2 is 1.54 bits per heavy atom. The number of amides is 1. The SMILES string of the molecule is Cc1cc(C)c(NC(=O)[C@@H]2[C@H]3C=C[C@@H]([C@@H]4C[C@H]34)[C@H]2C(=O)O)c(C)c1. The molecule has 0 aliphatic heterocycles. The molecule has 4 aliphatic rings. The Bertz CT molecular complexity index is 743. The summed E-state index contributed by atoms with van der Waals surface area (Å²) in [5.74, 6) is -0.935. The second kappa shape index (κ2) is 5.20. The zero-order chi connectivity index (χ0) is 17.2. The smallest absolute Gasteiger partial charge is 0.307 e. The molecule has 2 fully saturated rings. The van der Waals surface area contributed by atoms with Crippen molar-refractivity contribution in [2.24, 2.45) is 35.5 Å². The Morgan fingerprint density at radius 1 is 1.00 bits per heavy atom. The molecule has 2 bridgehead atoms. The van der Waals surface area contributed by atoms with Crippen LogP contribution in [-0.2, 0) is 9.59 Å². The van der Waals surface area contributed by atoms with Crippen molar-refractivity contribution in [3.8, 4) is 0 Å². The molecule has 1 amide bonds. The second-order valence-corrected chi connectivity index (χ2v) is 7.76. The van der Waals surface area contributed by atoms with Gasteiger partial charge in [0, 0.05) is 5.69 Å². The number of aryl methyl sites for hydroxylation is 3. The summed E-state index contributed by atoms with van der Waals surface area (Å²) in [6.07, 6.45) is 5.21. The van der Waals surface area contributed by atoms with Gasteiger partial charge >= 0.3 is 5.97 Å². The third-order valence-corrected chi connectivity index (χ3v) is 6.16. The van der Waals surface area contributed by atoms with E-state index < -0.39 is 17.8 Å². The van der Waals surface area contributed by atoms with Crippen LogP contribution in [0.2, 0.25) is 0 Å². The number of rotatable bonds is 3. The lowest BCUT2D eigenvalue weighted by atomic mass is 9.62. The molecule has 0 spiro atoms. The molecule has 4 aliphatic carbocycles. The highest BCUT2D eigenvalue weighted by Gasteiger charge is 2.63. The van der Waals surface area contributed by atoms with Crippen molar-refractivity contribution in [2.45, 2.75) is 27.2 Å². The van der Waals surface area contributed by atoms with Crippen LogP contribution in [0.25, 0.3) is 0 Å². The van der Waals surface area contributed by atoms with Gasteiger partial charge in [0.05, 0.1) is 11.8 Å². The average molecular weight is 325 g/mol. The highest BCUT2D eigenvalue weighted by Crippen LogP contribution is 2.63. The van der Waals surface area contributed by atoms with Gasteiger partial charge in [0.25, 0.3) is 0 Å². The van der Waals surface area contributed by atoms with E-state index in [1.807, 2.05) is 39.0 Å². The largest absolute Gasteiger partial charge is 0.481 e. The van der Waals surface area contributed by atoms with Gasteiger partial charge < -0.3 is 10.4 Å². The molecule has 1 aromatic rings. The first-order valence-corrected chi connectivity index (χ1v) is 8.68. The predicted molar refractivity (Wildman–Crippen MR) is 91.6 cm³/mol. The van der Waals surface area contributed by atoms with E-state index in [2.05, 4.69) is 11.4 Å². The van der Waals surface area contributed by atoms with Crippen LogP contribution < -0.4 is 5.32 Å². The molecule has 4 heteroatoms. The number of hydrogen-bond donors (Lipinski definition) is 2. The molecule has 1 aromatic carbocycles. The Hall–Kier alpha value is -2.10. The summed E-state index contributed by atoms with van der Waals surface area (Å²) in [6, 6.07) is 4.09. The zero-order valence-electron chi connectivity index (χ0n) is 14.2. The molecule has 5 rings (SSSR count). The number of allylic oxidation sites excluding steroid dienone is 2. The summed E-state index contributed by atoms with van der Waals surface area (Å²) in [7, 11) is 0. The maximum Gasteiger partial charge on any atom is 0.307 e. The number of aliphatic carboxylic acids is 1. The monoisotopic (exact) mass is 325 g/mol. The molecule has 0 aromatic heterocycles. The number of carbonyl (C=O) groups excluding carboxylic acids is 1. The molecule has 0 radical (unpaired) electrons. The fraction of sp³-hybridized carbons (Fsp3) is 0.500. The van der Waals surface area contributed by atoms with Crippen LogP contribution in [0.15, 0.2) is 24.3 Å². The van der Waals surface area contributed by atoms with E-state index in [1.54, 1.807) is 0 Å². The Kier molecular flexibility index (Phi) is 3.34. The number of anilines is 1. The molecule has 4 nitrogen and oxygen atoms in total. The van der Waals surface area contributed by atoms with E-state index in [0.717, 1.165) is 28.8 Å². The lowest BCUT2D eigenvalue weighted by Gasteiger charge is -2.41. The first-order valence-electron chi connectivity index (χ1n) is 8.68. The summed E-state index contributed by atoms with van der Waals surface area (Å²) in [4.78, 5) is 24.9. The van der Waals surface area contributed by atoms with E-state index in [1.165, 1.54) is 0 Å². The normalized spacial score (nSPS) is 35.5. The van der Waals surface area contributed by atoms with E-state index in [-0.39, 0.29) is 17.7 Å². The van der Waals surface area contributed by atoms with Crippen LogP contribution in [0.3, 0.4) is 0 Å². The van der Waals surface area contributed by atoms with Crippen LogP contribution in [0.1, 0.15) is 23.1 Å². The fourth-order valence-corrected chi connectivity index (χ4v) is 5.15. The van der Waals surface area contributed by atoms with Crippen molar-refractivity contribution < 1.29 is 14.7 Å². The van der Waals surface area contributed by atoms with Crippen molar-refractivity contribution in [1.29, 1.82) is 0 Å². The second-order valence-electron chi connectivity index (χ2n) is 7.76. The van der Waals surface area contributed by atoms with Crippen molar-refractivity contribution in [3.63, 3.8) is 0 Å². The maximum atomic E-state index is 13.0. The summed E-state index contributed by atoms with van der Waals surface area (Å²) < 4.78 is 0. The topological polar surface area (TPSA) is 66.4 Å². The van der Waals surface area contributed by atoms with Gasteiger partial charge in [-0.1, -0.05) is 29.8 Å². The molecule has 126 valence electrons. The summed E-state index contributed by atoms with van der Waals surface area (Å²) in [5.41, 5.74) is 4.03. The third kappa shape index (κ3) is 2.20. The van der Waals surface area contributed by atoms with Crippen LogP contribution >= 0.6 is 0 Å². The van der Waals surface area contributed by atoms with Gasteiger partial charge in [-0.15, -0.1) is 0 Å². The zero-order valence-corrected chi connectivity index (χ0v) is 14.2. The van der Waals surface area contributed by atoms with Gasteiger partial charge in [-0.25, -0.2) is 0 Å². The standard InChI is InChI=1S/C20H23NO3/c1-9-6-10(2)18(11(3)7-9)21-19(22)16-12-4-5-13(15-8-14(12)15)17(16)20(23)24/h4-7,12-17H,8H2,1-3H3,(H,21,22)(H,23,24)/t12-,13-,14+,15-,16+,17+/m0/s1. The molecule has 0 heterocycles. The van der Waals surface area contributed by atoms with Gasteiger partial charge in [-0.3, -0.25) is 9.59 Å². The number of hydrogen-bond acceptors (Lipinski definition) is 2. The van der Waals surface area contributed by atoms with Gasteiger partial charge in [-0.05, 0) is 62.0 Å². The highest BCUT2D eigenvalue weighted by atomic mass is 16.4. The van der Waals surface area contributed by atoms with E-state index in [4.69, 9.17) is 0 Å². The molecular weight excluding hydrogens is 302 g/mol. The number of carbonyl (C=O) groups is 2. The van der Waals surface area contributed by atoms with E-state index >= 15 is 0 Å². The van der Waals surface area contributed by atoms with E-state index in [0.29, 0.717) is 11.8 Å². The van der Waals surface area contributed by atoms with Crippen LogP contribution in [0.5, 0.6) is 0 Å². The van der Waals surface area contributed by atoms with Crippen LogP contribution in [-0.4, -0.2) is 17.0 Å². The van der Waals surface area contributed by atoms with Crippen molar-refractivity contribution in [3.05, 3.63) is 41.0 Å². The van der Waals surface area contributed by atoms with Crippen LogP contribution in [0, 0.1) is 56.3 Å². The summed E-state index contributed by atoms with van der Waals surface area (Å²) in [5, 5.41) is 12.8. The number of carboxylic acid groups (broad SMARTS) is 1. The Balaban J connectivity index is 1.65. The number of nitrogens with one attached hydrogen (secondary N) is 1. The minimum atomic E-state index is -0.836. The molecule has 24 heavy (non-hydrogen) atoms. The lowest BCUT2D eigenvalue weighted by Crippen LogP contribution is -2.48. The van der Waals surface area contributed by atoms with Crippen LogP contribution in [0.4, 0.5) is 5.69 Å². The minimum Gasteiger partial charge on any atom is -0.481 e. The van der Waals surface area contributed by atoms with Gasteiger partial charge in [-0.2, -0.15) is 0 Å². The lowest BCUT2D eigenvalue weighted by molar-refractivity contribution is -0.152. The quantitative estimate of drug-likeness (QED) is 0.838. The molecule has 2 saturated carbocycles. The van der Waals surface area contributed by atoms with Gasteiger partial charge in [0.15, 0.2) is 0 Å². The number of carboxylic acids is 1. The Morgan fingerprint density at radius 3 is 2.08 bits per heavy atom. The van der Waals surface area contributed by atoms with Gasteiger partial charge in [0.2, 0.25) is 5.91 Å². The highest BCUT2D eigenvalue weighted by molar-refractivity contribution is 5.97. The summed E-state index contributed by atoms with van der Waals surface area (Å²) >= 11 is 0. The fourth-order valence-electron chi connectivity index (χ4n) is 5.15.